The van der Waals surface area contributed by atoms with Crippen LogP contribution in [0.1, 0.15) is 16.5 Å². The fourth-order valence-corrected chi connectivity index (χ4v) is 2.62. The summed E-state index contributed by atoms with van der Waals surface area (Å²) in [7, 11) is 3.96. The van der Waals surface area contributed by atoms with Crippen molar-refractivity contribution >= 4 is 22.9 Å². The molecule has 0 saturated carbocycles. The quantitative estimate of drug-likeness (QED) is 0.856. The number of carbonyl (C=O) groups excluding carboxylic acids is 1. The Morgan fingerprint density at radius 1 is 1.30 bits per heavy atom. The zero-order chi connectivity index (χ0) is 14.5. The van der Waals surface area contributed by atoms with Crippen LogP contribution in [0.2, 0.25) is 0 Å². The van der Waals surface area contributed by atoms with Gasteiger partial charge in [-0.2, -0.15) is 0 Å². The van der Waals surface area contributed by atoms with E-state index < -0.39 is 6.04 Å². The molecule has 0 aliphatic carbocycles. The second-order valence-electron chi connectivity index (χ2n) is 4.78. The van der Waals surface area contributed by atoms with Gasteiger partial charge in [0.2, 0.25) is 5.91 Å². The predicted octanol–water partition coefficient (Wildman–Crippen LogP) is 2.13. The number of hydrogen-bond donors (Lipinski definition) is 2. The zero-order valence-corrected chi connectivity index (χ0v) is 12.5. The van der Waals surface area contributed by atoms with Crippen molar-refractivity contribution in [3.05, 3.63) is 52.2 Å². The van der Waals surface area contributed by atoms with Crippen molar-refractivity contribution < 1.29 is 4.79 Å². The van der Waals surface area contributed by atoms with Crippen molar-refractivity contribution in [3.63, 3.8) is 0 Å². The molecule has 0 radical (unpaired) electrons. The lowest BCUT2D eigenvalue weighted by atomic mass is 10.1. The molecular formula is C15H19N3OS. The number of amides is 1. The van der Waals surface area contributed by atoms with Crippen molar-refractivity contribution in [2.24, 2.45) is 5.73 Å². The Labute approximate surface area is 123 Å². The van der Waals surface area contributed by atoms with Crippen LogP contribution < -0.4 is 16.0 Å². The van der Waals surface area contributed by atoms with Gasteiger partial charge in [-0.15, -0.1) is 11.3 Å². The van der Waals surface area contributed by atoms with Crippen LogP contribution in [0.15, 0.2) is 41.8 Å². The Balaban J connectivity index is 2.09. The lowest BCUT2D eigenvalue weighted by Crippen LogP contribution is -2.33. The Bertz CT molecular complexity index is 549. The second kappa shape index (κ2) is 6.54. The molecule has 0 spiro atoms. The van der Waals surface area contributed by atoms with E-state index in [2.05, 4.69) is 5.32 Å². The van der Waals surface area contributed by atoms with E-state index in [1.807, 2.05) is 60.8 Å². The summed E-state index contributed by atoms with van der Waals surface area (Å²) in [4.78, 5) is 14.8. The maximum atomic E-state index is 11.6. The number of nitrogens with one attached hydrogen (secondary N) is 1. The average molecular weight is 289 g/mol. The number of primary amides is 1. The summed E-state index contributed by atoms with van der Waals surface area (Å²) in [5.74, 6) is -0.362. The number of carbonyl (C=O) groups is 1. The molecule has 0 aliphatic heterocycles. The second-order valence-corrected chi connectivity index (χ2v) is 5.81. The monoisotopic (exact) mass is 289 g/mol. The molecule has 0 fully saturated rings. The molecular weight excluding hydrogens is 270 g/mol. The molecule has 1 amide bonds. The highest BCUT2D eigenvalue weighted by Crippen LogP contribution is 2.19. The van der Waals surface area contributed by atoms with Crippen molar-refractivity contribution in [1.82, 2.24) is 5.32 Å². The molecule has 1 atom stereocenters. The summed E-state index contributed by atoms with van der Waals surface area (Å²) >= 11 is 1.66. The number of thiophene rings is 1. The van der Waals surface area contributed by atoms with Gasteiger partial charge in [0.25, 0.3) is 0 Å². The van der Waals surface area contributed by atoms with E-state index in [-0.39, 0.29) is 5.91 Å². The highest BCUT2D eigenvalue weighted by molar-refractivity contribution is 7.09. The van der Waals surface area contributed by atoms with Gasteiger partial charge >= 0.3 is 0 Å². The average Bonchev–Trinajstić information content (AvgIpc) is 2.92. The summed E-state index contributed by atoms with van der Waals surface area (Å²) in [6, 6.07) is 11.4. The predicted molar refractivity (Wildman–Crippen MR) is 83.9 cm³/mol. The van der Waals surface area contributed by atoms with Gasteiger partial charge in [-0.25, -0.2) is 0 Å². The van der Waals surface area contributed by atoms with E-state index in [1.54, 1.807) is 11.3 Å². The third-order valence-corrected chi connectivity index (χ3v) is 3.96. The molecule has 3 N–H and O–H groups in total. The molecule has 2 rings (SSSR count). The van der Waals surface area contributed by atoms with E-state index in [1.165, 1.54) is 4.88 Å². The first-order valence-corrected chi connectivity index (χ1v) is 7.28. The molecule has 1 unspecified atom stereocenters. The molecule has 0 bridgehead atoms. The van der Waals surface area contributed by atoms with Crippen molar-refractivity contribution in [2.45, 2.75) is 12.6 Å². The Kier molecular flexibility index (Phi) is 4.76. The molecule has 106 valence electrons. The first kappa shape index (κ1) is 14.6. The zero-order valence-electron chi connectivity index (χ0n) is 11.7. The van der Waals surface area contributed by atoms with Crippen LogP contribution in [0.5, 0.6) is 0 Å². The molecule has 0 aliphatic rings. The summed E-state index contributed by atoms with van der Waals surface area (Å²) in [5, 5.41) is 5.22. The Morgan fingerprint density at radius 2 is 2.00 bits per heavy atom. The molecule has 1 heterocycles. The van der Waals surface area contributed by atoms with Crippen LogP contribution >= 0.6 is 11.3 Å². The van der Waals surface area contributed by atoms with E-state index in [0.717, 1.165) is 11.3 Å². The highest BCUT2D eigenvalue weighted by atomic mass is 32.1. The van der Waals surface area contributed by atoms with Crippen molar-refractivity contribution in [3.8, 4) is 0 Å². The first-order valence-electron chi connectivity index (χ1n) is 6.40. The molecule has 2 aromatic rings. The van der Waals surface area contributed by atoms with Gasteiger partial charge in [0, 0.05) is 31.2 Å². The molecule has 1 aromatic carbocycles. The minimum Gasteiger partial charge on any atom is -0.378 e. The van der Waals surface area contributed by atoms with E-state index in [9.17, 15) is 4.79 Å². The molecule has 1 aromatic heterocycles. The van der Waals surface area contributed by atoms with Crippen molar-refractivity contribution in [1.29, 1.82) is 0 Å². The van der Waals surface area contributed by atoms with Gasteiger partial charge < -0.3 is 10.6 Å². The molecule has 0 saturated heterocycles. The van der Waals surface area contributed by atoms with Gasteiger partial charge in [-0.3, -0.25) is 10.1 Å². The number of nitrogens with zero attached hydrogens (tertiary/aromatic N) is 1. The normalized spacial score (nSPS) is 12.1. The largest absolute Gasteiger partial charge is 0.378 e. The van der Waals surface area contributed by atoms with Gasteiger partial charge in [0.1, 0.15) is 6.04 Å². The SMILES string of the molecule is CN(C)c1ccc(C(NCc2cccs2)C(N)=O)cc1. The Morgan fingerprint density at radius 3 is 2.50 bits per heavy atom. The topological polar surface area (TPSA) is 58.4 Å². The summed E-state index contributed by atoms with van der Waals surface area (Å²) in [5.41, 5.74) is 7.48. The van der Waals surface area contributed by atoms with E-state index in [4.69, 9.17) is 5.73 Å². The molecule has 20 heavy (non-hydrogen) atoms. The third kappa shape index (κ3) is 3.59. The third-order valence-electron chi connectivity index (χ3n) is 3.09. The molecule has 4 nitrogen and oxygen atoms in total. The number of anilines is 1. The van der Waals surface area contributed by atoms with Gasteiger partial charge in [0.15, 0.2) is 0 Å². The minimum atomic E-state index is -0.465. The van der Waals surface area contributed by atoms with Crippen LogP contribution in [0, 0.1) is 0 Å². The van der Waals surface area contributed by atoms with Crippen LogP contribution in [0.4, 0.5) is 5.69 Å². The summed E-state index contributed by atoms with van der Waals surface area (Å²) in [6.45, 7) is 0.640. The maximum Gasteiger partial charge on any atom is 0.239 e. The number of rotatable bonds is 6. The van der Waals surface area contributed by atoms with Crippen LogP contribution in [-0.2, 0) is 11.3 Å². The van der Waals surface area contributed by atoms with Gasteiger partial charge in [0.05, 0.1) is 0 Å². The number of nitrogens with two attached hydrogens (primary N) is 1. The standard InChI is InChI=1S/C15H19N3OS/c1-18(2)12-7-5-11(6-8-12)14(15(16)19)17-10-13-4-3-9-20-13/h3-9,14,17H,10H2,1-2H3,(H2,16,19). The van der Waals surface area contributed by atoms with Gasteiger partial charge in [-0.05, 0) is 29.1 Å². The first-order chi connectivity index (χ1) is 9.58. The maximum absolute atomic E-state index is 11.6. The van der Waals surface area contributed by atoms with E-state index >= 15 is 0 Å². The summed E-state index contributed by atoms with van der Waals surface area (Å²) in [6.07, 6.45) is 0. The summed E-state index contributed by atoms with van der Waals surface area (Å²) < 4.78 is 0. The fourth-order valence-electron chi connectivity index (χ4n) is 1.96. The highest BCUT2D eigenvalue weighted by Gasteiger charge is 2.17. The fraction of sp³-hybridized carbons (Fsp3) is 0.267. The van der Waals surface area contributed by atoms with E-state index in [0.29, 0.717) is 6.54 Å². The number of benzene rings is 1. The number of hydrogen-bond acceptors (Lipinski definition) is 4. The smallest absolute Gasteiger partial charge is 0.239 e. The lowest BCUT2D eigenvalue weighted by molar-refractivity contribution is -0.120. The van der Waals surface area contributed by atoms with Crippen molar-refractivity contribution in [2.75, 3.05) is 19.0 Å². The van der Waals surface area contributed by atoms with Crippen LogP contribution in [0.3, 0.4) is 0 Å². The minimum absolute atomic E-state index is 0.362. The van der Waals surface area contributed by atoms with Crippen LogP contribution in [0.25, 0.3) is 0 Å². The van der Waals surface area contributed by atoms with Crippen LogP contribution in [-0.4, -0.2) is 20.0 Å². The van der Waals surface area contributed by atoms with Gasteiger partial charge in [-0.1, -0.05) is 18.2 Å². The molecule has 5 heteroatoms. The Hall–Kier alpha value is -1.85. The lowest BCUT2D eigenvalue weighted by Gasteiger charge is -2.17.